The first-order chi connectivity index (χ1) is 16.1. The van der Waals surface area contributed by atoms with Crippen LogP contribution in [0.5, 0.6) is 0 Å². The number of hydrogen-bond acceptors (Lipinski definition) is 4. The monoisotopic (exact) mass is 449 g/mol. The third kappa shape index (κ3) is 4.45. The molecule has 6 nitrogen and oxygen atoms in total. The highest BCUT2D eigenvalue weighted by atomic mass is 19.1. The number of hydrogen-bond donors (Lipinski definition) is 1. The minimum absolute atomic E-state index is 0.0189. The minimum Gasteiger partial charge on any atom is -0.449 e. The molecular formula is C26H28FN3O3. The number of nitrogens with one attached hydrogen (secondary N) is 1. The summed E-state index contributed by atoms with van der Waals surface area (Å²) in [5.41, 5.74) is 2.00. The van der Waals surface area contributed by atoms with E-state index in [1.165, 1.54) is 18.6 Å². The van der Waals surface area contributed by atoms with Gasteiger partial charge < -0.3 is 19.5 Å². The molecule has 2 heterocycles. The molecule has 5 rings (SSSR count). The van der Waals surface area contributed by atoms with E-state index in [0.29, 0.717) is 37.4 Å². The topological polar surface area (TPSA) is 65.8 Å². The van der Waals surface area contributed by atoms with Gasteiger partial charge in [0.15, 0.2) is 0 Å². The van der Waals surface area contributed by atoms with Crippen LogP contribution in [0.3, 0.4) is 0 Å². The van der Waals surface area contributed by atoms with E-state index >= 15 is 0 Å². The van der Waals surface area contributed by atoms with E-state index in [4.69, 9.17) is 4.42 Å². The number of furan rings is 1. The molecule has 0 bridgehead atoms. The van der Waals surface area contributed by atoms with Gasteiger partial charge in [0.05, 0.1) is 0 Å². The maximum Gasteiger partial charge on any atom is 0.291 e. The standard InChI is InChI=1S/C26H28FN3O3/c27-19-10-12-20(13-11-19)29-14-16-30(17-15-29)26(32)24-23(21-8-4-5-9-22(21)33-24)28-25(31)18-6-2-1-3-7-18/h4-5,8-13,18H,1-3,6-7,14-17H2,(H,28,31). The molecule has 3 aromatic rings. The second-order valence-corrected chi connectivity index (χ2v) is 8.88. The van der Waals surface area contributed by atoms with Crippen molar-refractivity contribution in [1.29, 1.82) is 0 Å². The Balaban J connectivity index is 1.34. The Bertz CT molecular complexity index is 1140. The highest BCUT2D eigenvalue weighted by molar-refractivity contribution is 6.11. The quantitative estimate of drug-likeness (QED) is 0.605. The number of benzene rings is 2. The van der Waals surface area contributed by atoms with E-state index in [1.54, 1.807) is 17.0 Å². The highest BCUT2D eigenvalue weighted by Crippen LogP contribution is 2.34. The lowest BCUT2D eigenvalue weighted by Gasteiger charge is -2.35. The fourth-order valence-electron chi connectivity index (χ4n) is 4.87. The zero-order chi connectivity index (χ0) is 22.8. The van der Waals surface area contributed by atoms with E-state index in [1.807, 2.05) is 24.3 Å². The molecule has 1 saturated heterocycles. The van der Waals surface area contributed by atoms with E-state index in [0.717, 1.165) is 36.8 Å². The van der Waals surface area contributed by atoms with Gasteiger partial charge in [-0.2, -0.15) is 0 Å². The molecule has 1 aliphatic heterocycles. The number of para-hydroxylation sites is 1. The van der Waals surface area contributed by atoms with Crippen LogP contribution in [0.4, 0.5) is 15.8 Å². The van der Waals surface area contributed by atoms with E-state index < -0.39 is 0 Å². The smallest absolute Gasteiger partial charge is 0.291 e. The molecule has 2 aromatic carbocycles. The zero-order valence-corrected chi connectivity index (χ0v) is 18.6. The van der Waals surface area contributed by atoms with Crippen molar-refractivity contribution in [3.63, 3.8) is 0 Å². The molecule has 0 spiro atoms. The van der Waals surface area contributed by atoms with Crippen LogP contribution in [0.2, 0.25) is 0 Å². The maximum atomic E-state index is 13.4. The van der Waals surface area contributed by atoms with E-state index in [9.17, 15) is 14.0 Å². The summed E-state index contributed by atoms with van der Waals surface area (Å²) < 4.78 is 19.2. The van der Waals surface area contributed by atoms with Gasteiger partial charge in [-0.15, -0.1) is 0 Å². The van der Waals surface area contributed by atoms with Gasteiger partial charge in [0.2, 0.25) is 11.7 Å². The fraction of sp³-hybridized carbons (Fsp3) is 0.385. The number of anilines is 2. The number of fused-ring (bicyclic) bond motifs is 1. The highest BCUT2D eigenvalue weighted by Gasteiger charge is 2.30. The summed E-state index contributed by atoms with van der Waals surface area (Å²) in [5, 5.41) is 3.78. The minimum atomic E-state index is -0.264. The van der Waals surface area contributed by atoms with Crippen LogP contribution in [0, 0.1) is 11.7 Å². The first kappa shape index (κ1) is 21.5. The second kappa shape index (κ2) is 9.25. The normalized spacial score (nSPS) is 17.4. The summed E-state index contributed by atoms with van der Waals surface area (Å²) in [7, 11) is 0. The van der Waals surface area contributed by atoms with Crippen LogP contribution in [0.25, 0.3) is 11.0 Å². The van der Waals surface area contributed by atoms with Gasteiger partial charge in [0, 0.05) is 43.2 Å². The van der Waals surface area contributed by atoms with Crippen molar-refractivity contribution in [3.8, 4) is 0 Å². The Labute approximate surface area is 192 Å². The lowest BCUT2D eigenvalue weighted by Crippen LogP contribution is -2.48. The molecule has 7 heteroatoms. The molecule has 1 saturated carbocycles. The van der Waals surface area contributed by atoms with Gasteiger partial charge in [0.1, 0.15) is 17.1 Å². The molecule has 0 atom stereocenters. The molecule has 2 amide bonds. The summed E-state index contributed by atoms with van der Waals surface area (Å²) in [6.45, 7) is 2.31. The summed E-state index contributed by atoms with van der Waals surface area (Å²) >= 11 is 0. The van der Waals surface area contributed by atoms with Gasteiger partial charge in [-0.3, -0.25) is 9.59 Å². The summed E-state index contributed by atoms with van der Waals surface area (Å²) in [6.07, 6.45) is 5.07. The number of nitrogens with zero attached hydrogens (tertiary/aromatic N) is 2. The Morgan fingerprint density at radius 3 is 2.33 bits per heavy atom. The Hall–Kier alpha value is -3.35. The van der Waals surface area contributed by atoms with Gasteiger partial charge in [-0.1, -0.05) is 31.4 Å². The van der Waals surface area contributed by atoms with Crippen molar-refractivity contribution >= 4 is 34.2 Å². The lowest BCUT2D eigenvalue weighted by molar-refractivity contribution is -0.120. The first-order valence-electron chi connectivity index (χ1n) is 11.7. The van der Waals surface area contributed by atoms with E-state index in [-0.39, 0.29) is 29.3 Å². The third-order valence-corrected chi connectivity index (χ3v) is 6.77. The average molecular weight is 450 g/mol. The fourth-order valence-corrected chi connectivity index (χ4v) is 4.87. The van der Waals surface area contributed by atoms with Crippen molar-refractivity contribution in [2.75, 3.05) is 36.4 Å². The molecule has 0 unspecified atom stereocenters. The van der Waals surface area contributed by atoms with Gasteiger partial charge in [-0.25, -0.2) is 4.39 Å². The number of rotatable bonds is 4. The van der Waals surface area contributed by atoms with Crippen LogP contribution in [0.1, 0.15) is 42.7 Å². The molecular weight excluding hydrogens is 421 g/mol. The number of carbonyl (C=O) groups excluding carboxylic acids is 2. The van der Waals surface area contributed by atoms with Gasteiger partial charge in [0.25, 0.3) is 5.91 Å². The lowest BCUT2D eigenvalue weighted by atomic mass is 9.88. The number of halogens is 1. The number of piperazine rings is 1. The summed E-state index contributed by atoms with van der Waals surface area (Å²) in [5.74, 6) is -0.342. The zero-order valence-electron chi connectivity index (χ0n) is 18.6. The van der Waals surface area contributed by atoms with Crippen LogP contribution < -0.4 is 10.2 Å². The van der Waals surface area contributed by atoms with Gasteiger partial charge >= 0.3 is 0 Å². The molecule has 1 aliphatic carbocycles. The van der Waals surface area contributed by atoms with Crippen LogP contribution in [-0.4, -0.2) is 42.9 Å². The number of carbonyl (C=O) groups is 2. The Morgan fingerprint density at radius 1 is 0.909 bits per heavy atom. The predicted molar refractivity (Wildman–Crippen MR) is 126 cm³/mol. The first-order valence-corrected chi connectivity index (χ1v) is 11.7. The Morgan fingerprint density at radius 2 is 1.61 bits per heavy atom. The van der Waals surface area contributed by atoms with Crippen molar-refractivity contribution in [2.45, 2.75) is 32.1 Å². The molecule has 2 aliphatic rings. The SMILES string of the molecule is O=C(Nc1c(C(=O)N2CCN(c3ccc(F)cc3)CC2)oc2ccccc12)C1CCCCC1. The summed E-state index contributed by atoms with van der Waals surface area (Å²) in [6, 6.07) is 13.8. The maximum absolute atomic E-state index is 13.4. The van der Waals surface area contributed by atoms with Crippen molar-refractivity contribution in [1.82, 2.24) is 4.90 Å². The average Bonchev–Trinajstić information content (AvgIpc) is 3.23. The van der Waals surface area contributed by atoms with Crippen molar-refractivity contribution in [2.24, 2.45) is 5.92 Å². The van der Waals surface area contributed by atoms with Crippen molar-refractivity contribution in [3.05, 3.63) is 60.1 Å². The van der Waals surface area contributed by atoms with E-state index in [2.05, 4.69) is 10.2 Å². The largest absolute Gasteiger partial charge is 0.449 e. The molecule has 33 heavy (non-hydrogen) atoms. The molecule has 1 aromatic heterocycles. The van der Waals surface area contributed by atoms with Crippen LogP contribution in [0.15, 0.2) is 52.9 Å². The third-order valence-electron chi connectivity index (χ3n) is 6.77. The molecule has 2 fully saturated rings. The molecule has 0 radical (unpaired) electrons. The van der Waals surface area contributed by atoms with Crippen LogP contribution >= 0.6 is 0 Å². The second-order valence-electron chi connectivity index (χ2n) is 8.88. The summed E-state index contributed by atoms with van der Waals surface area (Å²) in [4.78, 5) is 30.3. The van der Waals surface area contributed by atoms with Crippen LogP contribution in [-0.2, 0) is 4.79 Å². The van der Waals surface area contributed by atoms with Gasteiger partial charge in [-0.05, 0) is 49.2 Å². The molecule has 172 valence electrons. The molecule has 1 N–H and O–H groups in total. The predicted octanol–water partition coefficient (Wildman–Crippen LogP) is 5.05. The van der Waals surface area contributed by atoms with Crippen molar-refractivity contribution < 1.29 is 18.4 Å². The number of amides is 2. The Kier molecular flexibility index (Phi) is 6.03.